The highest BCUT2D eigenvalue weighted by atomic mass is 16.5. The molecule has 0 aliphatic carbocycles. The fraction of sp³-hybridized carbons (Fsp3) is 0.235. The van der Waals surface area contributed by atoms with E-state index in [0.29, 0.717) is 12.3 Å². The maximum absolute atomic E-state index is 11.8. The molecule has 1 heterocycles. The van der Waals surface area contributed by atoms with Crippen molar-refractivity contribution in [2.45, 2.75) is 6.61 Å². The number of amides is 1. The van der Waals surface area contributed by atoms with Crippen LogP contribution in [-0.4, -0.2) is 26.3 Å². The molecular formula is C17H18N2O3. The van der Waals surface area contributed by atoms with Gasteiger partial charge in [-0.15, -0.1) is 0 Å². The molecule has 0 unspecified atom stereocenters. The van der Waals surface area contributed by atoms with Crippen molar-refractivity contribution in [3.05, 3.63) is 54.1 Å². The Morgan fingerprint density at radius 1 is 1.27 bits per heavy atom. The Balaban J connectivity index is 1.60. The van der Waals surface area contributed by atoms with Crippen molar-refractivity contribution in [2.75, 3.05) is 30.4 Å². The summed E-state index contributed by atoms with van der Waals surface area (Å²) in [4.78, 5) is 14.0. The summed E-state index contributed by atoms with van der Waals surface area (Å²) in [5.74, 6) is 0.773. The van der Waals surface area contributed by atoms with Gasteiger partial charge in [0.15, 0.2) is 0 Å². The van der Waals surface area contributed by atoms with Crippen molar-refractivity contribution >= 4 is 17.5 Å². The molecule has 3 rings (SSSR count). The van der Waals surface area contributed by atoms with Crippen LogP contribution in [0.25, 0.3) is 0 Å². The molecule has 0 radical (unpaired) electrons. The topological polar surface area (TPSA) is 50.8 Å². The van der Waals surface area contributed by atoms with Crippen LogP contribution in [0.2, 0.25) is 0 Å². The summed E-state index contributed by atoms with van der Waals surface area (Å²) >= 11 is 0. The van der Waals surface area contributed by atoms with Crippen LogP contribution in [-0.2, 0) is 11.3 Å². The molecule has 1 aliphatic heterocycles. The molecule has 0 fully saturated rings. The molecule has 5 heteroatoms. The Morgan fingerprint density at radius 3 is 2.91 bits per heavy atom. The van der Waals surface area contributed by atoms with Gasteiger partial charge in [0.25, 0.3) is 0 Å². The smallest absolute Gasteiger partial charge is 0.411 e. The lowest BCUT2D eigenvalue weighted by Crippen LogP contribution is -2.28. The largest absolute Gasteiger partial charge is 0.489 e. The van der Waals surface area contributed by atoms with Crippen LogP contribution in [0.3, 0.4) is 0 Å². The average molecular weight is 298 g/mol. The first-order valence-corrected chi connectivity index (χ1v) is 7.18. The highest BCUT2D eigenvalue weighted by Gasteiger charge is 2.15. The van der Waals surface area contributed by atoms with Gasteiger partial charge in [0.1, 0.15) is 19.0 Å². The van der Waals surface area contributed by atoms with Crippen molar-refractivity contribution < 1.29 is 14.3 Å². The third-order valence-electron chi connectivity index (χ3n) is 3.51. The third-order valence-corrected chi connectivity index (χ3v) is 3.51. The van der Waals surface area contributed by atoms with Gasteiger partial charge in [-0.3, -0.25) is 5.32 Å². The number of carbonyl (C=O) groups is 1. The number of anilines is 2. The van der Waals surface area contributed by atoms with E-state index in [4.69, 9.17) is 9.47 Å². The Labute approximate surface area is 129 Å². The molecule has 0 saturated carbocycles. The SMILES string of the molecule is CN1CCOc2cc(NC(=O)OCc3ccccc3)ccc21. The summed E-state index contributed by atoms with van der Waals surface area (Å²) in [6, 6.07) is 15.2. The zero-order valence-electron chi connectivity index (χ0n) is 12.4. The second-order valence-corrected chi connectivity index (χ2v) is 5.14. The minimum Gasteiger partial charge on any atom is -0.489 e. The van der Waals surface area contributed by atoms with Crippen molar-refractivity contribution in [1.29, 1.82) is 0 Å². The van der Waals surface area contributed by atoms with Crippen LogP contribution >= 0.6 is 0 Å². The van der Waals surface area contributed by atoms with E-state index in [0.717, 1.165) is 23.5 Å². The second-order valence-electron chi connectivity index (χ2n) is 5.14. The van der Waals surface area contributed by atoms with E-state index < -0.39 is 6.09 Å². The summed E-state index contributed by atoms with van der Waals surface area (Å²) in [7, 11) is 2.02. The minimum absolute atomic E-state index is 0.247. The van der Waals surface area contributed by atoms with Crippen LogP contribution in [0.5, 0.6) is 5.75 Å². The van der Waals surface area contributed by atoms with E-state index in [1.54, 1.807) is 0 Å². The Kier molecular flexibility index (Phi) is 4.14. The van der Waals surface area contributed by atoms with E-state index in [1.165, 1.54) is 0 Å². The van der Waals surface area contributed by atoms with E-state index in [1.807, 2.05) is 55.6 Å². The first-order chi connectivity index (χ1) is 10.7. The van der Waals surface area contributed by atoms with Gasteiger partial charge in [-0.25, -0.2) is 4.79 Å². The van der Waals surface area contributed by atoms with Crippen LogP contribution in [0, 0.1) is 0 Å². The molecule has 0 aromatic heterocycles. The van der Waals surface area contributed by atoms with Gasteiger partial charge in [0, 0.05) is 18.8 Å². The number of hydrogen-bond acceptors (Lipinski definition) is 4. The number of nitrogens with zero attached hydrogens (tertiary/aromatic N) is 1. The van der Waals surface area contributed by atoms with Crippen molar-refractivity contribution in [1.82, 2.24) is 0 Å². The molecule has 1 N–H and O–H groups in total. The van der Waals surface area contributed by atoms with E-state index in [9.17, 15) is 4.79 Å². The Bertz CT molecular complexity index is 658. The van der Waals surface area contributed by atoms with Crippen LogP contribution < -0.4 is 15.0 Å². The number of carbonyl (C=O) groups excluding carboxylic acids is 1. The Hall–Kier alpha value is -2.69. The molecule has 1 amide bonds. The number of nitrogens with one attached hydrogen (secondary N) is 1. The second kappa shape index (κ2) is 6.39. The Morgan fingerprint density at radius 2 is 2.09 bits per heavy atom. The summed E-state index contributed by atoms with van der Waals surface area (Å²) in [6.07, 6.45) is -0.479. The highest BCUT2D eigenvalue weighted by Crippen LogP contribution is 2.33. The molecule has 114 valence electrons. The maximum Gasteiger partial charge on any atom is 0.411 e. The molecule has 1 aliphatic rings. The molecule has 0 bridgehead atoms. The van der Waals surface area contributed by atoms with Gasteiger partial charge in [0.05, 0.1) is 12.2 Å². The first-order valence-electron chi connectivity index (χ1n) is 7.18. The molecule has 2 aromatic carbocycles. The van der Waals surface area contributed by atoms with Gasteiger partial charge in [-0.1, -0.05) is 30.3 Å². The van der Waals surface area contributed by atoms with E-state index in [-0.39, 0.29) is 6.61 Å². The van der Waals surface area contributed by atoms with E-state index in [2.05, 4.69) is 10.2 Å². The molecule has 0 spiro atoms. The molecule has 22 heavy (non-hydrogen) atoms. The molecule has 2 aromatic rings. The first kappa shape index (κ1) is 14.3. The van der Waals surface area contributed by atoms with Gasteiger partial charge in [0.2, 0.25) is 0 Å². The number of ether oxygens (including phenoxy) is 2. The summed E-state index contributed by atoms with van der Waals surface area (Å²) in [5, 5.41) is 2.72. The number of rotatable bonds is 3. The maximum atomic E-state index is 11.8. The molecule has 0 atom stereocenters. The third kappa shape index (κ3) is 3.31. The number of fused-ring (bicyclic) bond motifs is 1. The predicted octanol–water partition coefficient (Wildman–Crippen LogP) is 3.26. The summed E-state index contributed by atoms with van der Waals surface area (Å²) in [6.45, 7) is 1.75. The van der Waals surface area contributed by atoms with Crippen molar-refractivity contribution in [3.8, 4) is 5.75 Å². The number of benzene rings is 2. The lowest BCUT2D eigenvalue weighted by atomic mass is 10.2. The quantitative estimate of drug-likeness (QED) is 0.945. The fourth-order valence-electron chi connectivity index (χ4n) is 2.31. The van der Waals surface area contributed by atoms with Crippen LogP contribution in [0.1, 0.15) is 5.56 Å². The van der Waals surface area contributed by atoms with Crippen LogP contribution in [0.4, 0.5) is 16.2 Å². The van der Waals surface area contributed by atoms with Crippen molar-refractivity contribution in [2.24, 2.45) is 0 Å². The van der Waals surface area contributed by atoms with Crippen LogP contribution in [0.15, 0.2) is 48.5 Å². The van der Waals surface area contributed by atoms with Gasteiger partial charge < -0.3 is 14.4 Å². The lowest BCUT2D eigenvalue weighted by Gasteiger charge is -2.27. The minimum atomic E-state index is -0.479. The van der Waals surface area contributed by atoms with Crippen molar-refractivity contribution in [3.63, 3.8) is 0 Å². The zero-order valence-corrected chi connectivity index (χ0v) is 12.4. The fourth-order valence-corrected chi connectivity index (χ4v) is 2.31. The number of hydrogen-bond donors (Lipinski definition) is 1. The molecule has 5 nitrogen and oxygen atoms in total. The summed E-state index contributed by atoms with van der Waals surface area (Å²) < 4.78 is 10.8. The highest BCUT2D eigenvalue weighted by molar-refractivity contribution is 5.85. The van der Waals surface area contributed by atoms with Gasteiger partial charge in [-0.2, -0.15) is 0 Å². The monoisotopic (exact) mass is 298 g/mol. The molecule has 0 saturated heterocycles. The summed E-state index contributed by atoms with van der Waals surface area (Å²) in [5.41, 5.74) is 2.63. The normalized spacial score (nSPS) is 13.0. The lowest BCUT2D eigenvalue weighted by molar-refractivity contribution is 0.155. The van der Waals surface area contributed by atoms with Gasteiger partial charge >= 0.3 is 6.09 Å². The molecular weight excluding hydrogens is 280 g/mol. The average Bonchev–Trinajstić information content (AvgIpc) is 2.54. The number of likely N-dealkylation sites (N-methyl/N-ethyl adjacent to an activating group) is 1. The van der Waals surface area contributed by atoms with E-state index >= 15 is 0 Å². The zero-order chi connectivity index (χ0) is 15.4. The standard InChI is InChI=1S/C17H18N2O3/c1-19-9-10-21-16-11-14(7-8-15(16)19)18-17(20)22-12-13-5-3-2-4-6-13/h2-8,11H,9-10,12H2,1H3,(H,18,20). The predicted molar refractivity (Wildman–Crippen MR) is 85.5 cm³/mol. The van der Waals surface area contributed by atoms with Gasteiger partial charge in [-0.05, 0) is 17.7 Å².